The van der Waals surface area contributed by atoms with Crippen LogP contribution in [0.5, 0.6) is 0 Å². The van der Waals surface area contributed by atoms with Crippen LogP contribution >= 0.6 is 47.2 Å². The number of halogens is 2. The maximum Gasteiger partial charge on any atom is 0.338 e. The lowest BCUT2D eigenvalue weighted by molar-refractivity contribution is -0.113. The van der Waals surface area contributed by atoms with E-state index in [4.69, 9.17) is 40.2 Å². The van der Waals surface area contributed by atoms with Crippen LogP contribution in [0.4, 0.5) is 5.69 Å². The zero-order chi connectivity index (χ0) is 19.6. The fourth-order valence-electron chi connectivity index (χ4n) is 2.43. The molecule has 1 aliphatic heterocycles. The maximum atomic E-state index is 12.8. The summed E-state index contributed by atoms with van der Waals surface area (Å²) in [7, 11) is 0. The van der Waals surface area contributed by atoms with Crippen LogP contribution in [0.15, 0.2) is 47.4 Å². The van der Waals surface area contributed by atoms with E-state index in [1.807, 2.05) is 0 Å². The van der Waals surface area contributed by atoms with Crippen molar-refractivity contribution in [2.45, 2.75) is 6.92 Å². The first kappa shape index (κ1) is 19.9. The summed E-state index contributed by atoms with van der Waals surface area (Å²) >= 11 is 18.9. The fourth-order valence-corrected chi connectivity index (χ4v) is 4.22. The second kappa shape index (κ2) is 8.44. The Labute approximate surface area is 176 Å². The minimum absolute atomic E-state index is 0.273. The van der Waals surface area contributed by atoms with Gasteiger partial charge in [-0.3, -0.25) is 9.69 Å². The molecule has 1 saturated heterocycles. The predicted octanol–water partition coefficient (Wildman–Crippen LogP) is 5.58. The molecular weight excluding hydrogens is 425 g/mol. The maximum absolute atomic E-state index is 12.8. The summed E-state index contributed by atoms with van der Waals surface area (Å²) in [5, 5.41) is 0.901. The van der Waals surface area contributed by atoms with Crippen molar-refractivity contribution in [1.82, 2.24) is 0 Å². The molecule has 138 valence electrons. The Morgan fingerprint density at radius 1 is 1.19 bits per heavy atom. The second-order valence-corrected chi connectivity index (χ2v) is 7.91. The first-order chi connectivity index (χ1) is 12.9. The van der Waals surface area contributed by atoms with Crippen molar-refractivity contribution in [2.75, 3.05) is 11.5 Å². The van der Waals surface area contributed by atoms with E-state index in [0.717, 1.165) is 0 Å². The smallest absolute Gasteiger partial charge is 0.338 e. The normalized spacial score (nSPS) is 15.5. The highest BCUT2D eigenvalue weighted by Gasteiger charge is 2.33. The van der Waals surface area contributed by atoms with Gasteiger partial charge in [0.25, 0.3) is 5.91 Å². The molecule has 0 unspecified atom stereocenters. The number of ether oxygens (including phenoxy) is 1. The standard InChI is InChI=1S/C19H13Cl2NO3S2/c1-2-25-18(24)11-6-8-12(9-7-11)22-17(23)16(27-19(22)26)10-13-14(20)4-3-5-15(13)21/h3-10H,2H2,1H3/b16-10-. The first-order valence-electron chi connectivity index (χ1n) is 7.91. The van der Waals surface area contributed by atoms with Crippen LogP contribution < -0.4 is 4.90 Å². The molecule has 2 aromatic rings. The average molecular weight is 438 g/mol. The lowest BCUT2D eigenvalue weighted by atomic mass is 10.2. The van der Waals surface area contributed by atoms with Gasteiger partial charge in [-0.2, -0.15) is 0 Å². The van der Waals surface area contributed by atoms with Gasteiger partial charge in [0.05, 0.1) is 22.8 Å². The van der Waals surface area contributed by atoms with Crippen molar-refractivity contribution in [2.24, 2.45) is 0 Å². The highest BCUT2D eigenvalue weighted by Crippen LogP contribution is 2.38. The van der Waals surface area contributed by atoms with Gasteiger partial charge in [0.2, 0.25) is 0 Å². The molecule has 0 bridgehead atoms. The molecule has 3 rings (SSSR count). The Morgan fingerprint density at radius 2 is 1.81 bits per heavy atom. The molecule has 0 aliphatic carbocycles. The number of thioether (sulfide) groups is 1. The second-order valence-electron chi connectivity index (χ2n) is 5.42. The van der Waals surface area contributed by atoms with Crippen LogP contribution in [0.2, 0.25) is 10.0 Å². The van der Waals surface area contributed by atoms with E-state index in [9.17, 15) is 9.59 Å². The average Bonchev–Trinajstić information content (AvgIpc) is 2.92. The number of thiocarbonyl (C=S) groups is 1. The van der Waals surface area contributed by atoms with E-state index in [1.165, 1.54) is 16.7 Å². The minimum atomic E-state index is -0.414. The van der Waals surface area contributed by atoms with E-state index in [-0.39, 0.29) is 5.91 Å². The molecule has 8 heteroatoms. The highest BCUT2D eigenvalue weighted by atomic mass is 35.5. The molecule has 1 fully saturated rings. The van der Waals surface area contributed by atoms with Gasteiger partial charge in [-0.05, 0) is 49.4 Å². The van der Waals surface area contributed by atoms with Crippen molar-refractivity contribution in [3.8, 4) is 0 Å². The van der Waals surface area contributed by atoms with Gasteiger partial charge in [0.15, 0.2) is 4.32 Å². The van der Waals surface area contributed by atoms with Crippen LogP contribution in [0.3, 0.4) is 0 Å². The molecule has 1 amide bonds. The lowest BCUT2D eigenvalue weighted by Crippen LogP contribution is -2.27. The number of benzene rings is 2. The summed E-state index contributed by atoms with van der Waals surface area (Å²) in [6, 6.07) is 11.6. The molecule has 0 atom stereocenters. The molecule has 1 heterocycles. The molecule has 0 spiro atoms. The van der Waals surface area contributed by atoms with Gasteiger partial charge in [0.1, 0.15) is 0 Å². The molecular formula is C19H13Cl2NO3S2. The summed E-state index contributed by atoms with van der Waals surface area (Å²) in [4.78, 5) is 26.4. The number of hydrogen-bond acceptors (Lipinski definition) is 5. The quantitative estimate of drug-likeness (QED) is 0.355. The SMILES string of the molecule is CCOC(=O)c1ccc(N2C(=O)/C(=C/c3c(Cl)cccc3Cl)SC2=S)cc1. The largest absolute Gasteiger partial charge is 0.462 e. The van der Waals surface area contributed by atoms with Gasteiger partial charge in [-0.1, -0.05) is 53.2 Å². The minimum Gasteiger partial charge on any atom is -0.462 e. The van der Waals surface area contributed by atoms with Crippen molar-refractivity contribution >= 4 is 75.1 Å². The molecule has 0 aromatic heterocycles. The van der Waals surface area contributed by atoms with Gasteiger partial charge >= 0.3 is 5.97 Å². The summed E-state index contributed by atoms with van der Waals surface area (Å²) in [6.07, 6.45) is 1.64. The zero-order valence-electron chi connectivity index (χ0n) is 14.1. The molecule has 0 saturated carbocycles. The molecule has 27 heavy (non-hydrogen) atoms. The Hall–Kier alpha value is -1.86. The van der Waals surface area contributed by atoms with E-state index in [2.05, 4.69) is 0 Å². The van der Waals surface area contributed by atoms with Crippen molar-refractivity contribution in [3.05, 3.63) is 68.5 Å². The summed E-state index contributed by atoms with van der Waals surface area (Å²) in [5.41, 5.74) is 1.54. The lowest BCUT2D eigenvalue weighted by Gasteiger charge is -2.14. The first-order valence-corrected chi connectivity index (χ1v) is 9.89. The Bertz CT molecular complexity index is 938. The number of carbonyl (C=O) groups excluding carboxylic acids is 2. The zero-order valence-corrected chi connectivity index (χ0v) is 17.2. The molecule has 1 aliphatic rings. The van der Waals surface area contributed by atoms with Crippen LogP contribution in [0.25, 0.3) is 6.08 Å². The summed E-state index contributed by atoms with van der Waals surface area (Å²) in [5.74, 6) is -0.687. The van der Waals surface area contributed by atoms with Gasteiger partial charge in [0, 0.05) is 15.6 Å². The van der Waals surface area contributed by atoms with E-state index >= 15 is 0 Å². The predicted molar refractivity (Wildman–Crippen MR) is 115 cm³/mol. The van der Waals surface area contributed by atoms with Crippen molar-refractivity contribution < 1.29 is 14.3 Å². The third-order valence-corrected chi connectivity index (χ3v) is 5.67. The molecule has 0 N–H and O–H groups in total. The van der Waals surface area contributed by atoms with Crippen LogP contribution in [-0.4, -0.2) is 22.8 Å². The topological polar surface area (TPSA) is 46.6 Å². The third kappa shape index (κ3) is 4.19. The van der Waals surface area contributed by atoms with E-state index in [1.54, 1.807) is 55.5 Å². The Morgan fingerprint density at radius 3 is 2.41 bits per heavy atom. The Balaban J connectivity index is 1.88. The number of hydrogen-bond donors (Lipinski definition) is 0. The number of carbonyl (C=O) groups is 2. The van der Waals surface area contributed by atoms with Gasteiger partial charge < -0.3 is 4.74 Å². The van der Waals surface area contributed by atoms with Crippen LogP contribution in [0.1, 0.15) is 22.8 Å². The fraction of sp³-hybridized carbons (Fsp3) is 0.105. The Kier molecular flexibility index (Phi) is 6.22. The highest BCUT2D eigenvalue weighted by molar-refractivity contribution is 8.27. The van der Waals surface area contributed by atoms with E-state index < -0.39 is 5.97 Å². The number of anilines is 1. The summed E-state index contributed by atoms with van der Waals surface area (Å²) < 4.78 is 5.35. The number of esters is 1. The number of amides is 1. The van der Waals surface area contributed by atoms with Crippen LogP contribution in [0, 0.1) is 0 Å². The number of nitrogens with zero attached hydrogens (tertiary/aromatic N) is 1. The van der Waals surface area contributed by atoms with Crippen LogP contribution in [-0.2, 0) is 9.53 Å². The monoisotopic (exact) mass is 437 g/mol. The van der Waals surface area contributed by atoms with Crippen molar-refractivity contribution in [3.63, 3.8) is 0 Å². The molecule has 2 aromatic carbocycles. The number of rotatable bonds is 4. The summed E-state index contributed by atoms with van der Waals surface area (Å²) in [6.45, 7) is 2.04. The molecule has 0 radical (unpaired) electrons. The third-order valence-electron chi connectivity index (χ3n) is 3.71. The van der Waals surface area contributed by atoms with Gasteiger partial charge in [-0.15, -0.1) is 0 Å². The van der Waals surface area contributed by atoms with Crippen molar-refractivity contribution in [1.29, 1.82) is 0 Å². The molecule has 4 nitrogen and oxygen atoms in total. The van der Waals surface area contributed by atoms with Gasteiger partial charge in [-0.25, -0.2) is 4.79 Å². The van der Waals surface area contributed by atoms with E-state index in [0.29, 0.717) is 42.7 Å².